The second-order valence-electron chi connectivity index (χ2n) is 5.73. The van der Waals surface area contributed by atoms with E-state index in [1.165, 1.54) is 0 Å². The van der Waals surface area contributed by atoms with Crippen molar-refractivity contribution in [3.8, 4) is 17.2 Å². The third-order valence-electron chi connectivity index (χ3n) is 4.19. The van der Waals surface area contributed by atoms with Crippen LogP contribution in [0.4, 0.5) is 0 Å². The van der Waals surface area contributed by atoms with Crippen molar-refractivity contribution in [2.45, 2.75) is 6.42 Å². The molecule has 2 heterocycles. The number of aromatic amines is 1. The van der Waals surface area contributed by atoms with Crippen LogP contribution in [0.25, 0.3) is 10.9 Å². The van der Waals surface area contributed by atoms with Crippen molar-refractivity contribution in [2.75, 3.05) is 46.6 Å². The summed E-state index contributed by atoms with van der Waals surface area (Å²) in [6.45, 7) is 5.60. The van der Waals surface area contributed by atoms with E-state index in [2.05, 4.69) is 4.98 Å². The molecule has 1 aromatic heterocycles. The molecule has 1 aliphatic heterocycles. The quantitative estimate of drug-likeness (QED) is 0.444. The van der Waals surface area contributed by atoms with Crippen LogP contribution in [-0.2, 0) is 4.74 Å². The van der Waals surface area contributed by atoms with Crippen LogP contribution in [0.2, 0.25) is 0 Å². The van der Waals surface area contributed by atoms with E-state index in [9.17, 15) is 5.11 Å². The molecule has 1 aliphatic rings. The smallest absolute Gasteiger partial charge is 0.218 e. The van der Waals surface area contributed by atoms with Gasteiger partial charge in [-0.25, -0.2) is 4.98 Å². The Morgan fingerprint density at radius 2 is 1.85 bits per heavy atom. The molecule has 0 saturated carbocycles. The molecule has 0 aliphatic carbocycles. The minimum Gasteiger partial charge on any atom is -1.00 e. The highest BCUT2D eigenvalue weighted by atomic mass is 35.5. The number of H-pyrrole nitrogens is 1. The minimum absolute atomic E-state index is 0. The first kappa shape index (κ1) is 27.7. The number of rotatable bonds is 6. The Morgan fingerprint density at radius 1 is 1.15 bits per heavy atom. The van der Waals surface area contributed by atoms with Gasteiger partial charge in [0.25, 0.3) is 0 Å². The van der Waals surface area contributed by atoms with Crippen molar-refractivity contribution in [1.29, 1.82) is 0 Å². The fourth-order valence-corrected chi connectivity index (χ4v) is 2.88. The molecule has 0 unspecified atom stereocenters. The Hall–Kier alpha value is -1.55. The molecule has 1 fully saturated rings. The van der Waals surface area contributed by atoms with Crippen molar-refractivity contribution in [3.05, 3.63) is 24.4 Å². The highest BCUT2D eigenvalue weighted by molar-refractivity contribution is 5.85. The monoisotopic (exact) mass is 426 g/mol. The van der Waals surface area contributed by atoms with Gasteiger partial charge in [0.2, 0.25) is 5.52 Å². The molecule has 0 bridgehead atoms. The molecule has 0 amide bonds. The summed E-state index contributed by atoms with van der Waals surface area (Å²) in [6.07, 6.45) is 2.69. The maximum Gasteiger partial charge on any atom is 0.218 e. The van der Waals surface area contributed by atoms with E-state index < -0.39 is 0 Å². The van der Waals surface area contributed by atoms with Crippen LogP contribution in [0.3, 0.4) is 0 Å². The lowest BCUT2D eigenvalue weighted by Crippen LogP contribution is -3.14. The van der Waals surface area contributed by atoms with Gasteiger partial charge in [-0.2, -0.15) is 0 Å². The number of aromatic nitrogens is 1. The maximum absolute atomic E-state index is 9.91. The van der Waals surface area contributed by atoms with Gasteiger partial charge in [-0.1, -0.05) is 0 Å². The van der Waals surface area contributed by atoms with Crippen LogP contribution < -0.4 is 44.2 Å². The normalized spacial score (nSPS) is 13.4. The molecule has 3 rings (SSSR count). The summed E-state index contributed by atoms with van der Waals surface area (Å²) < 4.78 is 16.6. The number of methoxy groups -OCH3 is 1. The van der Waals surface area contributed by atoms with Gasteiger partial charge in [0, 0.05) is 18.6 Å². The van der Waals surface area contributed by atoms with Crippen LogP contribution in [0, 0.1) is 0 Å². The van der Waals surface area contributed by atoms with E-state index in [0.717, 1.165) is 50.2 Å². The van der Waals surface area contributed by atoms with Crippen molar-refractivity contribution in [2.24, 2.45) is 0 Å². The Labute approximate surface area is 170 Å². The first-order valence-corrected chi connectivity index (χ1v) is 8.03. The second-order valence-corrected chi connectivity index (χ2v) is 5.73. The standard InChI is InChI=1S/C17H22N2O4.2ClH.2H2O/c1-21-16-11-13-14(18-4-3-15(13)20)12-17(16)23-8-2-5-19-6-9-22-10-7-19;;;;/h3-4,11-12H,2,5-10H2,1H3,(H,18,20);2*1H;2*1H2. The Kier molecular flexibility index (Phi) is 13.9. The van der Waals surface area contributed by atoms with Gasteiger partial charge in [-0.15, -0.1) is 0 Å². The third kappa shape index (κ3) is 7.17. The number of hydrogen-bond acceptors (Lipinski definition) is 4. The summed E-state index contributed by atoms with van der Waals surface area (Å²) >= 11 is 0. The van der Waals surface area contributed by atoms with E-state index >= 15 is 0 Å². The van der Waals surface area contributed by atoms with Gasteiger partial charge in [-0.05, 0) is 0 Å². The van der Waals surface area contributed by atoms with Crippen LogP contribution in [0.5, 0.6) is 17.2 Å². The number of fused-ring (bicyclic) bond motifs is 1. The number of pyridine rings is 1. The van der Waals surface area contributed by atoms with Crippen LogP contribution in [0.15, 0.2) is 24.4 Å². The van der Waals surface area contributed by atoms with Crippen LogP contribution in [0.1, 0.15) is 6.42 Å². The Bertz CT molecular complexity index is 671. The van der Waals surface area contributed by atoms with Gasteiger partial charge in [0.1, 0.15) is 18.8 Å². The summed E-state index contributed by atoms with van der Waals surface area (Å²) in [6, 6.07) is 5.28. The summed E-state index contributed by atoms with van der Waals surface area (Å²) in [5.41, 5.74) is 0.819. The molecule has 7 N–H and O–H groups in total. The summed E-state index contributed by atoms with van der Waals surface area (Å²) in [4.78, 5) is 4.68. The third-order valence-corrected chi connectivity index (χ3v) is 4.19. The Balaban J connectivity index is 0. The largest absolute Gasteiger partial charge is 1.00 e. The van der Waals surface area contributed by atoms with E-state index in [4.69, 9.17) is 14.2 Å². The zero-order valence-corrected chi connectivity index (χ0v) is 16.7. The zero-order valence-electron chi connectivity index (χ0n) is 15.2. The molecule has 27 heavy (non-hydrogen) atoms. The SMILES string of the molecule is COc1cc2c(O)cc[nH+]c2cc1OCCC[NH+]1CCOCC1.O.O.[Cl-].[Cl-]. The summed E-state index contributed by atoms with van der Waals surface area (Å²) in [7, 11) is 1.61. The van der Waals surface area contributed by atoms with Gasteiger partial charge in [0.05, 0.1) is 44.9 Å². The van der Waals surface area contributed by atoms with Crippen LogP contribution in [-0.4, -0.2) is 62.6 Å². The van der Waals surface area contributed by atoms with Crippen molar-refractivity contribution in [1.82, 2.24) is 0 Å². The topological polar surface area (TPSA) is 130 Å². The number of aromatic hydroxyl groups is 1. The minimum atomic E-state index is 0. The predicted molar refractivity (Wildman–Crippen MR) is 92.4 cm³/mol. The number of quaternary nitrogens is 1. The molecular formula is C17H28Cl2N2O6. The molecular weight excluding hydrogens is 399 g/mol. The molecule has 156 valence electrons. The summed E-state index contributed by atoms with van der Waals surface area (Å²) in [5, 5.41) is 10.6. The van der Waals surface area contributed by atoms with Gasteiger partial charge in [-0.3, -0.25) is 0 Å². The van der Waals surface area contributed by atoms with Crippen molar-refractivity contribution >= 4 is 10.9 Å². The lowest BCUT2D eigenvalue weighted by Gasteiger charge is -2.23. The van der Waals surface area contributed by atoms with E-state index in [1.54, 1.807) is 30.3 Å². The molecule has 0 radical (unpaired) electrons. The number of morpholine rings is 1. The van der Waals surface area contributed by atoms with E-state index in [-0.39, 0.29) is 41.5 Å². The predicted octanol–water partition coefficient (Wildman–Crippen LogP) is -7.59. The molecule has 10 heteroatoms. The lowest BCUT2D eigenvalue weighted by atomic mass is 10.2. The van der Waals surface area contributed by atoms with Crippen LogP contribution >= 0.6 is 0 Å². The number of nitrogens with one attached hydrogen (secondary N) is 2. The highest BCUT2D eigenvalue weighted by Gasteiger charge is 2.15. The van der Waals surface area contributed by atoms with Crippen molar-refractivity contribution < 1.29 is 65.0 Å². The highest BCUT2D eigenvalue weighted by Crippen LogP contribution is 2.34. The van der Waals surface area contributed by atoms with E-state index in [1.807, 2.05) is 6.07 Å². The molecule has 0 spiro atoms. The molecule has 2 aromatic rings. The van der Waals surface area contributed by atoms with Gasteiger partial charge < -0.3 is 60.0 Å². The second kappa shape index (κ2) is 13.6. The first-order valence-electron chi connectivity index (χ1n) is 8.03. The average molecular weight is 427 g/mol. The number of halogens is 2. The van der Waals surface area contributed by atoms with Gasteiger partial charge >= 0.3 is 0 Å². The molecule has 1 saturated heterocycles. The maximum atomic E-state index is 9.91. The first-order chi connectivity index (χ1) is 11.3. The average Bonchev–Trinajstić information content (AvgIpc) is 2.59. The zero-order chi connectivity index (χ0) is 16.1. The van der Waals surface area contributed by atoms with E-state index in [0.29, 0.717) is 18.1 Å². The van der Waals surface area contributed by atoms with Crippen molar-refractivity contribution in [3.63, 3.8) is 0 Å². The fraction of sp³-hybridized carbons (Fsp3) is 0.471. The lowest BCUT2D eigenvalue weighted by molar-refractivity contribution is -0.908. The number of benzene rings is 1. The Morgan fingerprint density at radius 3 is 2.52 bits per heavy atom. The molecule has 8 nitrogen and oxygen atoms in total. The summed E-state index contributed by atoms with van der Waals surface area (Å²) in [5.74, 6) is 1.55. The molecule has 0 atom stereocenters. The van der Waals surface area contributed by atoms with Gasteiger partial charge in [0.15, 0.2) is 17.7 Å². The molecule has 1 aromatic carbocycles. The number of hydrogen-bond donors (Lipinski definition) is 2. The fourth-order valence-electron chi connectivity index (χ4n) is 2.88. The number of ether oxygens (including phenoxy) is 3.